The van der Waals surface area contributed by atoms with Crippen LogP contribution in [0.4, 0.5) is 0 Å². The topological polar surface area (TPSA) is 43.6 Å². The third-order valence-corrected chi connectivity index (χ3v) is 11.6. The number of aromatic nitrogens is 4. The van der Waals surface area contributed by atoms with Gasteiger partial charge in [-0.05, 0) is 69.1 Å². The molecule has 0 aliphatic heterocycles. The van der Waals surface area contributed by atoms with Crippen molar-refractivity contribution in [3.8, 4) is 51.0 Å². The first-order valence-corrected chi connectivity index (χ1v) is 18.8. The molecule has 11 rings (SSSR count). The summed E-state index contributed by atoms with van der Waals surface area (Å²) in [6, 6.07) is 58.8. The molecule has 4 heteroatoms. The Bertz CT molecular complexity index is 3030. The maximum atomic E-state index is 5.36. The molecule has 2 aliphatic carbocycles. The lowest BCUT2D eigenvalue weighted by molar-refractivity contribution is 0.794. The normalized spacial score (nSPS) is 13.5. The molecular weight excluding hydrogens is 669 g/mol. The Kier molecular flexibility index (Phi) is 6.80. The molecule has 7 aromatic carbocycles. The SMILES string of the molecule is C=C/C(=C\C)c1cccc(-c2nc(-c3ccccc3)nc(-n3c4ccccc4c4ccc5c(c43)-c3ccccc3C53c4ccccc4-c4ccccc43)n2)c1. The van der Waals surface area contributed by atoms with Gasteiger partial charge in [0.2, 0.25) is 5.95 Å². The zero-order valence-electron chi connectivity index (χ0n) is 30.2. The molecule has 0 saturated carbocycles. The van der Waals surface area contributed by atoms with E-state index in [-0.39, 0.29) is 0 Å². The molecule has 4 nitrogen and oxygen atoms in total. The van der Waals surface area contributed by atoms with Gasteiger partial charge in [-0.3, -0.25) is 4.57 Å². The summed E-state index contributed by atoms with van der Waals surface area (Å²) < 4.78 is 2.29. The summed E-state index contributed by atoms with van der Waals surface area (Å²) in [6.07, 6.45) is 3.96. The Hall–Kier alpha value is -7.17. The van der Waals surface area contributed by atoms with E-state index in [9.17, 15) is 0 Å². The summed E-state index contributed by atoms with van der Waals surface area (Å²) in [4.78, 5) is 15.8. The molecule has 0 unspecified atom stereocenters. The van der Waals surface area contributed by atoms with Crippen molar-refractivity contribution in [3.63, 3.8) is 0 Å². The fourth-order valence-corrected chi connectivity index (χ4v) is 9.39. The van der Waals surface area contributed by atoms with Gasteiger partial charge in [0.05, 0.1) is 16.4 Å². The second-order valence-electron chi connectivity index (χ2n) is 14.3. The van der Waals surface area contributed by atoms with E-state index in [1.807, 2.05) is 31.2 Å². The number of allylic oxidation sites excluding steroid dienone is 3. The van der Waals surface area contributed by atoms with Crippen LogP contribution in [0.25, 0.3) is 78.4 Å². The van der Waals surface area contributed by atoms with Gasteiger partial charge in [0, 0.05) is 27.5 Å². The number of benzene rings is 7. The van der Waals surface area contributed by atoms with Crippen molar-refractivity contribution >= 4 is 27.4 Å². The number of hydrogen-bond acceptors (Lipinski definition) is 3. The zero-order chi connectivity index (χ0) is 36.7. The Morgan fingerprint density at radius 1 is 0.545 bits per heavy atom. The highest BCUT2D eigenvalue weighted by Crippen LogP contribution is 2.64. The predicted octanol–water partition coefficient (Wildman–Crippen LogP) is 12.2. The molecule has 2 heterocycles. The number of rotatable bonds is 5. The fourth-order valence-electron chi connectivity index (χ4n) is 9.39. The Morgan fingerprint density at radius 3 is 1.85 bits per heavy atom. The Morgan fingerprint density at radius 2 is 1.15 bits per heavy atom. The maximum absolute atomic E-state index is 5.36. The molecule has 1 spiro atoms. The average molecular weight is 703 g/mol. The summed E-state index contributed by atoms with van der Waals surface area (Å²) in [5, 5.41) is 2.31. The molecule has 0 saturated heterocycles. The first-order valence-electron chi connectivity index (χ1n) is 18.8. The molecule has 2 aliphatic rings. The van der Waals surface area contributed by atoms with Crippen LogP contribution in [0.3, 0.4) is 0 Å². The first-order chi connectivity index (χ1) is 27.2. The number of nitrogens with zero attached hydrogens (tertiary/aromatic N) is 4. The van der Waals surface area contributed by atoms with Crippen molar-refractivity contribution in [2.75, 3.05) is 0 Å². The van der Waals surface area contributed by atoms with Crippen molar-refractivity contribution in [3.05, 3.63) is 210 Å². The molecule has 2 aromatic heterocycles. The van der Waals surface area contributed by atoms with Gasteiger partial charge >= 0.3 is 0 Å². The van der Waals surface area contributed by atoms with Crippen LogP contribution in [0, 0.1) is 0 Å². The predicted molar refractivity (Wildman–Crippen MR) is 225 cm³/mol. The molecule has 0 N–H and O–H groups in total. The minimum Gasteiger partial charge on any atom is -0.277 e. The molecule has 0 radical (unpaired) electrons. The van der Waals surface area contributed by atoms with E-state index in [4.69, 9.17) is 15.0 Å². The quantitative estimate of drug-likeness (QED) is 0.168. The average Bonchev–Trinajstić information content (AvgIpc) is 3.86. The van der Waals surface area contributed by atoms with Crippen molar-refractivity contribution < 1.29 is 0 Å². The molecule has 0 fully saturated rings. The maximum Gasteiger partial charge on any atom is 0.238 e. The van der Waals surface area contributed by atoms with E-state index < -0.39 is 5.41 Å². The highest BCUT2D eigenvalue weighted by atomic mass is 15.2. The van der Waals surface area contributed by atoms with Gasteiger partial charge in [-0.15, -0.1) is 0 Å². The van der Waals surface area contributed by atoms with Crippen LogP contribution >= 0.6 is 0 Å². The lowest BCUT2D eigenvalue weighted by Crippen LogP contribution is -2.25. The summed E-state index contributed by atoms with van der Waals surface area (Å²) in [5.74, 6) is 1.81. The van der Waals surface area contributed by atoms with Gasteiger partial charge in [-0.2, -0.15) is 9.97 Å². The molecule has 9 aromatic rings. The first kappa shape index (κ1) is 31.4. The van der Waals surface area contributed by atoms with E-state index >= 15 is 0 Å². The number of para-hydroxylation sites is 1. The van der Waals surface area contributed by atoms with E-state index in [0.717, 1.165) is 44.1 Å². The van der Waals surface area contributed by atoms with Crippen molar-refractivity contribution in [2.24, 2.45) is 0 Å². The van der Waals surface area contributed by atoms with Crippen LogP contribution in [0.2, 0.25) is 0 Å². The van der Waals surface area contributed by atoms with Crippen molar-refractivity contribution in [1.82, 2.24) is 19.5 Å². The summed E-state index contributed by atoms with van der Waals surface area (Å²) in [5.41, 5.74) is 15.9. The molecule has 0 bridgehead atoms. The van der Waals surface area contributed by atoms with E-state index in [1.54, 1.807) is 0 Å². The summed E-state index contributed by atoms with van der Waals surface area (Å²) in [6.45, 7) is 6.08. The second kappa shape index (κ2) is 11.9. The number of hydrogen-bond donors (Lipinski definition) is 0. The minimum atomic E-state index is -0.468. The second-order valence-corrected chi connectivity index (χ2v) is 14.3. The van der Waals surface area contributed by atoms with Gasteiger partial charge in [-0.25, -0.2) is 4.98 Å². The lowest BCUT2D eigenvalue weighted by atomic mass is 9.70. The van der Waals surface area contributed by atoms with Gasteiger partial charge in [0.25, 0.3) is 0 Å². The highest BCUT2D eigenvalue weighted by Gasteiger charge is 2.52. The Balaban J connectivity index is 1.27. The third kappa shape index (κ3) is 4.31. The molecule has 258 valence electrons. The minimum absolute atomic E-state index is 0.468. The summed E-state index contributed by atoms with van der Waals surface area (Å²) in [7, 11) is 0. The lowest BCUT2D eigenvalue weighted by Gasteiger charge is -2.30. The van der Waals surface area contributed by atoms with Crippen LogP contribution < -0.4 is 0 Å². The van der Waals surface area contributed by atoms with Crippen molar-refractivity contribution in [1.29, 1.82) is 0 Å². The molecule has 0 amide bonds. The smallest absolute Gasteiger partial charge is 0.238 e. The van der Waals surface area contributed by atoms with Crippen LogP contribution in [0.1, 0.15) is 34.7 Å². The van der Waals surface area contributed by atoms with Crippen molar-refractivity contribution in [2.45, 2.75) is 12.3 Å². The standard InChI is InChI=1S/C51H34N4/c1-3-32(4-2)34-19-16-20-35(31-34)49-52-48(33-17-6-5-7-18-33)53-50(54-49)55-45-28-15-11-23-38(45)39-29-30-44-46(47(39)55)40-24-10-14-27-43(40)51(44)41-25-12-8-21-36(41)37-22-9-13-26-42(37)51/h3-31H,1H2,2H3/b32-4+. The van der Waals surface area contributed by atoms with Gasteiger partial charge in [0.15, 0.2) is 11.6 Å². The molecule has 55 heavy (non-hydrogen) atoms. The van der Waals surface area contributed by atoms with Crippen LogP contribution in [0.5, 0.6) is 0 Å². The largest absolute Gasteiger partial charge is 0.277 e. The zero-order valence-corrected chi connectivity index (χ0v) is 30.2. The van der Waals surface area contributed by atoms with Gasteiger partial charge in [-0.1, -0.05) is 170 Å². The third-order valence-electron chi connectivity index (χ3n) is 11.6. The fraction of sp³-hybridized carbons (Fsp3) is 0.0392. The van der Waals surface area contributed by atoms with Gasteiger partial charge < -0.3 is 0 Å². The van der Waals surface area contributed by atoms with Gasteiger partial charge in [0.1, 0.15) is 0 Å². The monoisotopic (exact) mass is 702 g/mol. The van der Waals surface area contributed by atoms with E-state index in [1.165, 1.54) is 44.5 Å². The molecule has 0 atom stereocenters. The highest BCUT2D eigenvalue weighted by molar-refractivity contribution is 6.16. The van der Waals surface area contributed by atoms with Crippen LogP contribution in [-0.2, 0) is 5.41 Å². The van der Waals surface area contributed by atoms with Crippen LogP contribution in [0.15, 0.2) is 183 Å². The molecular formula is C51H34N4. The van der Waals surface area contributed by atoms with E-state index in [2.05, 4.69) is 163 Å². The van der Waals surface area contributed by atoms with Crippen LogP contribution in [-0.4, -0.2) is 19.5 Å². The number of fused-ring (bicyclic) bond motifs is 14. The Labute approximate surface area is 319 Å². The summed E-state index contributed by atoms with van der Waals surface area (Å²) >= 11 is 0. The van der Waals surface area contributed by atoms with E-state index in [0.29, 0.717) is 17.6 Å².